The van der Waals surface area contributed by atoms with E-state index in [4.69, 9.17) is 21.4 Å². The molecule has 0 aliphatic carbocycles. The van der Waals surface area contributed by atoms with E-state index in [-0.39, 0.29) is 16.9 Å². The van der Waals surface area contributed by atoms with E-state index in [1.54, 1.807) is 24.3 Å². The van der Waals surface area contributed by atoms with Gasteiger partial charge in [-0.1, -0.05) is 23.7 Å². The third-order valence-corrected chi connectivity index (χ3v) is 3.18. The zero-order valence-electron chi connectivity index (χ0n) is 11.0. The molecule has 108 valence electrons. The molecule has 0 atom stereocenters. The van der Waals surface area contributed by atoms with Crippen LogP contribution in [-0.4, -0.2) is 29.3 Å². The van der Waals surface area contributed by atoms with Gasteiger partial charge in [-0.05, 0) is 29.8 Å². The third kappa shape index (κ3) is 2.83. The van der Waals surface area contributed by atoms with E-state index >= 15 is 0 Å². The normalized spacial score (nSPS) is 10.2. The summed E-state index contributed by atoms with van der Waals surface area (Å²) in [5.41, 5.74) is 0.383. The first-order valence-corrected chi connectivity index (χ1v) is 6.27. The Morgan fingerprint density at radius 2 is 1.81 bits per heavy atom. The SMILES string of the molecule is COc1c(-c2cccc(Cl)c2)ccc(C(=O)O)c1C(=O)O. The number of ether oxygens (including phenoxy) is 1. The molecule has 6 heteroatoms. The minimum Gasteiger partial charge on any atom is -0.495 e. The van der Waals surface area contributed by atoms with Gasteiger partial charge in [0.2, 0.25) is 0 Å². The number of aromatic carboxylic acids is 2. The number of rotatable bonds is 4. The molecule has 0 saturated carbocycles. The molecule has 0 aliphatic heterocycles. The molecule has 0 amide bonds. The van der Waals surface area contributed by atoms with Gasteiger partial charge >= 0.3 is 11.9 Å². The molecule has 0 unspecified atom stereocenters. The van der Waals surface area contributed by atoms with Crippen molar-refractivity contribution in [2.45, 2.75) is 0 Å². The summed E-state index contributed by atoms with van der Waals surface area (Å²) in [7, 11) is 1.29. The van der Waals surface area contributed by atoms with Gasteiger partial charge in [-0.2, -0.15) is 0 Å². The van der Waals surface area contributed by atoms with E-state index in [1.165, 1.54) is 19.2 Å². The lowest BCUT2D eigenvalue weighted by Crippen LogP contribution is -2.10. The number of halogens is 1. The summed E-state index contributed by atoms with van der Waals surface area (Å²) in [6.45, 7) is 0. The van der Waals surface area contributed by atoms with E-state index in [0.29, 0.717) is 16.1 Å². The highest BCUT2D eigenvalue weighted by molar-refractivity contribution is 6.30. The maximum absolute atomic E-state index is 11.4. The number of hydrogen-bond donors (Lipinski definition) is 2. The lowest BCUT2D eigenvalue weighted by Gasteiger charge is -2.14. The summed E-state index contributed by atoms with van der Waals surface area (Å²) in [6, 6.07) is 9.51. The highest BCUT2D eigenvalue weighted by Gasteiger charge is 2.24. The van der Waals surface area contributed by atoms with Gasteiger partial charge in [-0.15, -0.1) is 0 Å². The fourth-order valence-corrected chi connectivity index (χ4v) is 2.26. The standard InChI is InChI=1S/C15H11ClO5/c1-21-13-10(8-3-2-4-9(16)7-8)5-6-11(14(17)18)12(13)15(19)20/h2-7H,1H3,(H,17,18)(H,19,20). The first-order valence-electron chi connectivity index (χ1n) is 5.89. The Hall–Kier alpha value is -2.53. The van der Waals surface area contributed by atoms with E-state index in [9.17, 15) is 14.7 Å². The number of carboxylic acid groups (broad SMARTS) is 2. The van der Waals surface area contributed by atoms with Crippen molar-refractivity contribution in [3.63, 3.8) is 0 Å². The summed E-state index contributed by atoms with van der Waals surface area (Å²) < 4.78 is 5.14. The van der Waals surface area contributed by atoms with Crippen LogP contribution in [0.15, 0.2) is 36.4 Å². The predicted octanol–water partition coefficient (Wildman–Crippen LogP) is 3.41. The van der Waals surface area contributed by atoms with Crippen molar-refractivity contribution in [2.24, 2.45) is 0 Å². The van der Waals surface area contributed by atoms with Crippen LogP contribution in [0.3, 0.4) is 0 Å². The van der Waals surface area contributed by atoms with Crippen molar-refractivity contribution in [1.82, 2.24) is 0 Å². The highest BCUT2D eigenvalue weighted by atomic mass is 35.5. The third-order valence-electron chi connectivity index (χ3n) is 2.94. The van der Waals surface area contributed by atoms with Gasteiger partial charge in [-0.3, -0.25) is 0 Å². The molecule has 21 heavy (non-hydrogen) atoms. The molecule has 0 fully saturated rings. The van der Waals surface area contributed by atoms with Gasteiger partial charge in [0, 0.05) is 10.6 Å². The van der Waals surface area contributed by atoms with Crippen molar-refractivity contribution < 1.29 is 24.5 Å². The highest BCUT2D eigenvalue weighted by Crippen LogP contribution is 2.36. The number of methoxy groups -OCH3 is 1. The fraction of sp³-hybridized carbons (Fsp3) is 0.0667. The van der Waals surface area contributed by atoms with Crippen LogP contribution in [0.5, 0.6) is 5.75 Å². The Labute approximate surface area is 125 Å². The minimum absolute atomic E-state index is 0.00957. The monoisotopic (exact) mass is 306 g/mol. The second-order valence-electron chi connectivity index (χ2n) is 4.19. The van der Waals surface area contributed by atoms with Gasteiger partial charge in [0.15, 0.2) is 0 Å². The van der Waals surface area contributed by atoms with Gasteiger partial charge in [0.25, 0.3) is 0 Å². The van der Waals surface area contributed by atoms with Crippen molar-refractivity contribution in [2.75, 3.05) is 7.11 Å². The van der Waals surface area contributed by atoms with Gasteiger partial charge in [0.1, 0.15) is 11.3 Å². The first-order chi connectivity index (χ1) is 9.95. The van der Waals surface area contributed by atoms with Crippen molar-refractivity contribution in [3.8, 4) is 16.9 Å². The molecular formula is C15H11ClO5. The van der Waals surface area contributed by atoms with Crippen LogP contribution in [0.1, 0.15) is 20.7 Å². The Morgan fingerprint density at radius 1 is 1.10 bits per heavy atom. The van der Waals surface area contributed by atoms with Crippen LogP contribution in [-0.2, 0) is 0 Å². The maximum atomic E-state index is 11.4. The lowest BCUT2D eigenvalue weighted by molar-refractivity contribution is 0.0648. The fourth-order valence-electron chi connectivity index (χ4n) is 2.07. The topological polar surface area (TPSA) is 83.8 Å². The van der Waals surface area contributed by atoms with Crippen molar-refractivity contribution >= 4 is 23.5 Å². The Morgan fingerprint density at radius 3 is 2.33 bits per heavy atom. The molecular weight excluding hydrogens is 296 g/mol. The summed E-state index contributed by atoms with van der Waals surface area (Å²) in [4.78, 5) is 22.5. The zero-order valence-corrected chi connectivity index (χ0v) is 11.7. The number of benzene rings is 2. The van der Waals surface area contributed by atoms with Gasteiger partial charge in [-0.25, -0.2) is 9.59 Å². The minimum atomic E-state index is -1.37. The van der Waals surface area contributed by atoms with Crippen molar-refractivity contribution in [3.05, 3.63) is 52.5 Å². The number of hydrogen-bond acceptors (Lipinski definition) is 3. The largest absolute Gasteiger partial charge is 0.495 e. The molecule has 0 bridgehead atoms. The van der Waals surface area contributed by atoms with Crippen molar-refractivity contribution in [1.29, 1.82) is 0 Å². The average Bonchev–Trinajstić information content (AvgIpc) is 2.45. The molecule has 0 aromatic heterocycles. The average molecular weight is 307 g/mol. The summed E-state index contributed by atoms with van der Waals surface area (Å²) >= 11 is 5.92. The Kier molecular flexibility index (Phi) is 4.14. The molecule has 0 radical (unpaired) electrons. The van der Waals surface area contributed by atoms with Gasteiger partial charge < -0.3 is 14.9 Å². The smallest absolute Gasteiger partial charge is 0.340 e. The van der Waals surface area contributed by atoms with Crippen LogP contribution < -0.4 is 4.74 Å². The first kappa shape index (κ1) is 14.9. The van der Waals surface area contributed by atoms with E-state index in [2.05, 4.69) is 0 Å². The predicted molar refractivity (Wildman–Crippen MR) is 77.4 cm³/mol. The van der Waals surface area contributed by atoms with E-state index < -0.39 is 11.9 Å². The summed E-state index contributed by atoms with van der Waals surface area (Å²) in [5.74, 6) is -2.71. The van der Waals surface area contributed by atoms with Crippen LogP contribution in [0.2, 0.25) is 5.02 Å². The molecule has 2 N–H and O–H groups in total. The van der Waals surface area contributed by atoms with Crippen LogP contribution in [0, 0.1) is 0 Å². The summed E-state index contributed by atoms with van der Waals surface area (Å²) in [5, 5.41) is 18.9. The van der Waals surface area contributed by atoms with Gasteiger partial charge in [0.05, 0.1) is 12.7 Å². The molecule has 5 nitrogen and oxygen atoms in total. The molecule has 2 aromatic rings. The lowest BCUT2D eigenvalue weighted by atomic mass is 9.97. The quantitative estimate of drug-likeness (QED) is 0.904. The zero-order chi connectivity index (χ0) is 15.6. The van der Waals surface area contributed by atoms with E-state index in [1.807, 2.05) is 0 Å². The second kappa shape index (κ2) is 5.85. The molecule has 0 saturated heterocycles. The molecule has 2 rings (SSSR count). The maximum Gasteiger partial charge on any atom is 0.340 e. The van der Waals surface area contributed by atoms with Crippen LogP contribution in [0.25, 0.3) is 11.1 Å². The Balaban J connectivity index is 2.77. The summed E-state index contributed by atoms with van der Waals surface area (Å²) in [6.07, 6.45) is 0. The molecule has 0 aliphatic rings. The molecule has 0 heterocycles. The number of carbonyl (C=O) groups is 2. The Bertz CT molecular complexity index is 724. The van der Waals surface area contributed by atoms with Crippen LogP contribution in [0.4, 0.5) is 0 Å². The molecule has 2 aromatic carbocycles. The van der Waals surface area contributed by atoms with Crippen LogP contribution >= 0.6 is 11.6 Å². The second-order valence-corrected chi connectivity index (χ2v) is 4.63. The number of carboxylic acids is 2. The van der Waals surface area contributed by atoms with E-state index in [0.717, 1.165) is 0 Å². The molecule has 0 spiro atoms.